The van der Waals surface area contributed by atoms with Gasteiger partial charge < -0.3 is 14.3 Å². The molecule has 2 aromatic heterocycles. The first-order valence-corrected chi connectivity index (χ1v) is 10.6. The van der Waals surface area contributed by atoms with Gasteiger partial charge in [0.15, 0.2) is 5.76 Å². The Labute approximate surface area is 165 Å². The third-order valence-corrected chi connectivity index (χ3v) is 7.46. The zero-order valence-electron chi connectivity index (χ0n) is 16.4. The van der Waals surface area contributed by atoms with E-state index in [2.05, 4.69) is 12.2 Å². The first-order chi connectivity index (χ1) is 13.5. The summed E-state index contributed by atoms with van der Waals surface area (Å²) < 4.78 is 7.32. The monoisotopic (exact) mass is 380 g/mol. The number of pyridine rings is 1. The molecule has 0 aromatic carbocycles. The highest BCUT2D eigenvalue weighted by Gasteiger charge is 2.53. The van der Waals surface area contributed by atoms with Gasteiger partial charge >= 0.3 is 0 Å². The fourth-order valence-corrected chi connectivity index (χ4v) is 6.47. The van der Waals surface area contributed by atoms with Crippen LogP contribution in [-0.4, -0.2) is 16.5 Å². The maximum Gasteiger partial charge on any atom is 0.287 e. The van der Waals surface area contributed by atoms with Crippen molar-refractivity contribution in [2.24, 2.45) is 23.2 Å². The number of nitrogens with one attached hydrogen (secondary N) is 1. The second kappa shape index (κ2) is 6.64. The second-order valence-electron chi connectivity index (χ2n) is 9.41. The van der Waals surface area contributed by atoms with Gasteiger partial charge in [-0.15, -0.1) is 0 Å². The molecule has 0 saturated heterocycles. The van der Waals surface area contributed by atoms with Crippen LogP contribution in [0, 0.1) is 23.2 Å². The third kappa shape index (κ3) is 3.11. The molecule has 28 heavy (non-hydrogen) atoms. The summed E-state index contributed by atoms with van der Waals surface area (Å²) in [6.07, 6.45) is 9.73. The molecule has 1 unspecified atom stereocenters. The van der Waals surface area contributed by atoms with Gasteiger partial charge in [-0.1, -0.05) is 6.07 Å². The highest BCUT2D eigenvalue weighted by atomic mass is 16.4. The molecule has 0 radical (unpaired) electrons. The summed E-state index contributed by atoms with van der Waals surface area (Å²) in [4.78, 5) is 24.7. The molecule has 0 spiro atoms. The minimum atomic E-state index is -0.144. The molecular weight excluding hydrogens is 352 g/mol. The van der Waals surface area contributed by atoms with Crippen molar-refractivity contribution in [2.45, 2.75) is 58.0 Å². The normalized spacial score (nSPS) is 31.7. The van der Waals surface area contributed by atoms with E-state index < -0.39 is 0 Å². The van der Waals surface area contributed by atoms with Crippen LogP contribution in [-0.2, 0) is 6.54 Å². The molecule has 4 fully saturated rings. The first-order valence-electron chi connectivity index (χ1n) is 10.6. The standard InChI is InChI=1S/C23H28N2O3/c1-15(23-11-16-8-17(12-23)10-18(9-16)13-23)24-22(27)20-6-5-19(28-20)14-25-7-3-2-4-21(25)26/h2-7,15-18H,8-14H2,1H3,(H,24,27). The van der Waals surface area contributed by atoms with Crippen LogP contribution in [0.2, 0.25) is 0 Å². The van der Waals surface area contributed by atoms with E-state index >= 15 is 0 Å². The summed E-state index contributed by atoms with van der Waals surface area (Å²) in [5.41, 5.74) is 0.192. The van der Waals surface area contributed by atoms with E-state index in [0.29, 0.717) is 18.1 Å². The Morgan fingerprint density at radius 2 is 1.82 bits per heavy atom. The van der Waals surface area contributed by atoms with E-state index in [0.717, 1.165) is 17.8 Å². The Hall–Kier alpha value is -2.30. The summed E-state index contributed by atoms with van der Waals surface area (Å²) in [5, 5.41) is 3.24. The maximum atomic E-state index is 12.8. The molecule has 1 amide bonds. The Morgan fingerprint density at radius 1 is 1.14 bits per heavy atom. The smallest absolute Gasteiger partial charge is 0.287 e. The molecule has 1 atom stereocenters. The molecule has 0 aliphatic heterocycles. The summed E-state index contributed by atoms with van der Waals surface area (Å²) in [6, 6.07) is 8.70. The third-order valence-electron chi connectivity index (χ3n) is 7.46. The number of hydrogen-bond donors (Lipinski definition) is 1. The maximum absolute atomic E-state index is 12.8. The number of furan rings is 1. The lowest BCUT2D eigenvalue weighted by Crippen LogP contribution is -2.55. The number of nitrogens with zero attached hydrogens (tertiary/aromatic N) is 1. The van der Waals surface area contributed by atoms with E-state index in [1.54, 1.807) is 29.0 Å². The molecule has 5 nitrogen and oxygen atoms in total. The van der Waals surface area contributed by atoms with Gasteiger partial charge in [-0.25, -0.2) is 0 Å². The minimum absolute atomic E-state index is 0.0830. The highest BCUT2D eigenvalue weighted by molar-refractivity contribution is 5.91. The lowest BCUT2D eigenvalue weighted by molar-refractivity contribution is -0.0688. The molecule has 6 rings (SSSR count). The Kier molecular flexibility index (Phi) is 4.22. The summed E-state index contributed by atoms with van der Waals surface area (Å²) in [7, 11) is 0. The predicted molar refractivity (Wildman–Crippen MR) is 106 cm³/mol. The van der Waals surface area contributed by atoms with Crippen molar-refractivity contribution in [3.8, 4) is 0 Å². The minimum Gasteiger partial charge on any atom is -0.454 e. The SMILES string of the molecule is CC(NC(=O)c1ccc(Cn2ccccc2=O)o1)C12CC3CC(CC(C3)C1)C2. The van der Waals surface area contributed by atoms with Crippen molar-refractivity contribution in [3.63, 3.8) is 0 Å². The van der Waals surface area contributed by atoms with Gasteiger partial charge in [-0.2, -0.15) is 0 Å². The summed E-state index contributed by atoms with van der Waals surface area (Å²) in [6.45, 7) is 2.51. The van der Waals surface area contributed by atoms with Crippen molar-refractivity contribution < 1.29 is 9.21 Å². The lowest BCUT2D eigenvalue weighted by atomic mass is 9.48. The second-order valence-corrected chi connectivity index (χ2v) is 9.41. The molecule has 1 N–H and O–H groups in total. The van der Waals surface area contributed by atoms with Crippen molar-refractivity contribution >= 4 is 5.91 Å². The van der Waals surface area contributed by atoms with Crippen molar-refractivity contribution in [1.29, 1.82) is 0 Å². The first kappa shape index (κ1) is 17.8. The van der Waals surface area contributed by atoms with Crippen LogP contribution < -0.4 is 10.9 Å². The van der Waals surface area contributed by atoms with Crippen molar-refractivity contribution in [1.82, 2.24) is 9.88 Å². The fraction of sp³-hybridized carbons (Fsp3) is 0.565. The molecule has 148 valence electrons. The average Bonchev–Trinajstić information content (AvgIpc) is 3.11. The van der Waals surface area contributed by atoms with Crippen LogP contribution in [0.4, 0.5) is 0 Å². The van der Waals surface area contributed by atoms with Crippen molar-refractivity contribution in [3.05, 3.63) is 58.4 Å². The van der Waals surface area contributed by atoms with Crippen LogP contribution in [0.3, 0.4) is 0 Å². The van der Waals surface area contributed by atoms with Gasteiger partial charge in [0.2, 0.25) is 0 Å². The van der Waals surface area contributed by atoms with E-state index in [1.807, 2.05) is 6.07 Å². The summed E-state index contributed by atoms with van der Waals surface area (Å²) in [5.74, 6) is 3.39. The molecule has 4 saturated carbocycles. The van der Waals surface area contributed by atoms with Crippen LogP contribution in [0.1, 0.15) is 61.8 Å². The number of carbonyl (C=O) groups excluding carboxylic acids is 1. The predicted octanol–water partition coefficient (Wildman–Crippen LogP) is 3.82. The van der Waals surface area contributed by atoms with Gasteiger partial charge in [-0.05, 0) is 86.8 Å². The topological polar surface area (TPSA) is 64.2 Å². The van der Waals surface area contributed by atoms with Gasteiger partial charge in [0, 0.05) is 18.3 Å². The Balaban J connectivity index is 1.27. The highest BCUT2D eigenvalue weighted by Crippen LogP contribution is 2.61. The molecule has 2 aromatic rings. The number of rotatable bonds is 5. The van der Waals surface area contributed by atoms with Crippen LogP contribution >= 0.6 is 0 Å². The van der Waals surface area contributed by atoms with Crippen LogP contribution in [0.5, 0.6) is 0 Å². The number of aromatic nitrogens is 1. The number of carbonyl (C=O) groups is 1. The van der Waals surface area contributed by atoms with Crippen LogP contribution in [0.15, 0.2) is 45.7 Å². The summed E-state index contributed by atoms with van der Waals surface area (Å²) >= 11 is 0. The van der Waals surface area contributed by atoms with Gasteiger partial charge in [-0.3, -0.25) is 9.59 Å². The average molecular weight is 380 g/mol. The van der Waals surface area contributed by atoms with E-state index in [4.69, 9.17) is 4.42 Å². The van der Waals surface area contributed by atoms with Crippen molar-refractivity contribution in [2.75, 3.05) is 0 Å². The van der Waals surface area contributed by atoms with E-state index in [9.17, 15) is 9.59 Å². The molecule has 4 aliphatic rings. The van der Waals surface area contributed by atoms with Gasteiger partial charge in [0.25, 0.3) is 11.5 Å². The van der Waals surface area contributed by atoms with E-state index in [1.165, 1.54) is 44.6 Å². The Bertz CT molecular complexity index is 906. The van der Waals surface area contributed by atoms with E-state index in [-0.39, 0.29) is 22.9 Å². The quantitative estimate of drug-likeness (QED) is 0.857. The molecular formula is C23H28N2O3. The van der Waals surface area contributed by atoms with Crippen LogP contribution in [0.25, 0.3) is 0 Å². The van der Waals surface area contributed by atoms with Gasteiger partial charge in [0.1, 0.15) is 5.76 Å². The van der Waals surface area contributed by atoms with Gasteiger partial charge in [0.05, 0.1) is 6.54 Å². The zero-order chi connectivity index (χ0) is 19.3. The zero-order valence-corrected chi connectivity index (χ0v) is 16.4. The molecule has 5 heteroatoms. The Morgan fingerprint density at radius 3 is 2.46 bits per heavy atom. The number of hydrogen-bond acceptors (Lipinski definition) is 3. The number of amides is 1. The largest absolute Gasteiger partial charge is 0.454 e. The molecule has 2 heterocycles. The lowest BCUT2D eigenvalue weighted by Gasteiger charge is -2.59. The molecule has 4 bridgehead atoms. The fourth-order valence-electron chi connectivity index (χ4n) is 6.47. The molecule has 4 aliphatic carbocycles.